The Balaban J connectivity index is 1.49. The molecule has 1 aliphatic heterocycles. The minimum atomic E-state index is -2.07. The zero-order valence-electron chi connectivity index (χ0n) is 20.9. The van der Waals surface area contributed by atoms with E-state index in [1.807, 2.05) is 0 Å². The topological polar surface area (TPSA) is 0 Å². The molecule has 1 aliphatic carbocycles. The molecule has 2 unspecified atom stereocenters. The quantitative estimate of drug-likeness (QED) is 0.217. The van der Waals surface area contributed by atoms with Crippen LogP contribution in [-0.2, 0) is 0 Å². The average molecular weight is 537 g/mol. The van der Waals surface area contributed by atoms with Gasteiger partial charge in [0.15, 0.2) is 0 Å². The summed E-state index contributed by atoms with van der Waals surface area (Å²) in [5.74, 6) is 0. The van der Waals surface area contributed by atoms with Crippen LogP contribution >= 0.6 is 21.6 Å². The van der Waals surface area contributed by atoms with Crippen molar-refractivity contribution in [2.45, 2.75) is 35.6 Å². The highest BCUT2D eigenvalue weighted by Crippen LogP contribution is 2.62. The molecule has 0 nitrogen and oxygen atoms in total. The molecule has 180 valence electrons. The second-order valence-electron chi connectivity index (χ2n) is 10.4. The van der Waals surface area contributed by atoms with Crippen LogP contribution in [0.25, 0.3) is 0 Å². The van der Waals surface area contributed by atoms with Crippen LogP contribution in [-0.4, -0.2) is 25.8 Å². The van der Waals surface area contributed by atoms with Gasteiger partial charge in [0.2, 0.25) is 0 Å². The van der Waals surface area contributed by atoms with Gasteiger partial charge in [-0.2, -0.15) is 0 Å². The van der Waals surface area contributed by atoms with Crippen LogP contribution in [0, 0.1) is 0 Å². The Morgan fingerprint density at radius 3 is 1.47 bits per heavy atom. The third-order valence-corrected chi connectivity index (χ3v) is 24.1. The van der Waals surface area contributed by atoms with Gasteiger partial charge in [-0.05, 0) is 23.2 Å². The van der Waals surface area contributed by atoms with E-state index in [0.717, 1.165) is 6.42 Å². The number of allylic oxidation sites excluding steroid dienone is 1. The summed E-state index contributed by atoms with van der Waals surface area (Å²) in [7, 11) is 0.276. The van der Waals surface area contributed by atoms with Gasteiger partial charge in [-0.25, -0.2) is 0 Å². The van der Waals surface area contributed by atoms with Crippen LogP contribution < -0.4 is 20.7 Å². The molecule has 2 aliphatic rings. The van der Waals surface area contributed by atoms with Gasteiger partial charge in [0, 0.05) is 9.62 Å². The molecule has 4 aromatic rings. The molecule has 4 aromatic carbocycles. The van der Waals surface area contributed by atoms with Crippen molar-refractivity contribution < 1.29 is 0 Å². The van der Waals surface area contributed by atoms with Crippen molar-refractivity contribution in [1.82, 2.24) is 0 Å². The van der Waals surface area contributed by atoms with E-state index in [1.165, 1.54) is 16.8 Å². The van der Waals surface area contributed by atoms with Crippen molar-refractivity contribution in [3.8, 4) is 0 Å². The Morgan fingerprint density at radius 2 is 1.03 bits per heavy atom. The van der Waals surface area contributed by atoms with E-state index in [4.69, 9.17) is 0 Å². The summed E-state index contributed by atoms with van der Waals surface area (Å²) in [5.41, 5.74) is 0. The first-order valence-corrected chi connectivity index (χ1v) is 20.1. The molecule has 1 fully saturated rings. The molecular weight excluding hydrogens is 505 g/mol. The number of hydrogen-bond donors (Lipinski definition) is 0. The zero-order valence-corrected chi connectivity index (χ0v) is 24.6. The molecule has 1 saturated heterocycles. The standard InChI is InChI=1S/C32H32S2Si2/c1-35(26-15-7-3-8-16-26,27-17-9-4-10-18-27)31-23-24-32(25-30(31)33-34-32)36(2,28-19-11-5-12-20-28)29-21-13-6-14-22-29/h3-23,30H,24-25H2,1-2H3. The van der Waals surface area contributed by atoms with Crippen molar-refractivity contribution in [3.63, 3.8) is 0 Å². The molecule has 1 heterocycles. The second kappa shape index (κ2) is 9.57. The van der Waals surface area contributed by atoms with Crippen LogP contribution in [0.5, 0.6) is 0 Å². The summed E-state index contributed by atoms with van der Waals surface area (Å²) in [4.78, 5) is 0. The summed E-state index contributed by atoms with van der Waals surface area (Å²) < 4.78 is 0.261. The Morgan fingerprint density at radius 1 is 0.611 bits per heavy atom. The SMILES string of the molecule is C[Si](C1=CCC2([Si](C)(c3ccccc3)c3ccccc3)CC1SS2)(c1ccccc1)c1ccccc1. The summed E-state index contributed by atoms with van der Waals surface area (Å²) in [6.07, 6.45) is 5.14. The van der Waals surface area contributed by atoms with Gasteiger partial charge in [0.25, 0.3) is 0 Å². The van der Waals surface area contributed by atoms with E-state index in [1.54, 1.807) is 15.6 Å². The summed E-state index contributed by atoms with van der Waals surface area (Å²) in [6, 6.07) is 45.6. The van der Waals surface area contributed by atoms with E-state index in [9.17, 15) is 0 Å². The predicted octanol–water partition coefficient (Wildman–Crippen LogP) is 6.07. The van der Waals surface area contributed by atoms with Crippen LogP contribution in [0.2, 0.25) is 13.1 Å². The molecule has 0 saturated carbocycles. The molecular formula is C32H32S2Si2. The fraction of sp³-hybridized carbons (Fsp3) is 0.188. The number of fused-ring (bicyclic) bond motifs is 2. The molecule has 0 N–H and O–H groups in total. The zero-order chi connectivity index (χ0) is 24.6. The average Bonchev–Trinajstić information content (AvgIpc) is 3.31. The predicted molar refractivity (Wildman–Crippen MR) is 167 cm³/mol. The van der Waals surface area contributed by atoms with Crippen molar-refractivity contribution in [2.24, 2.45) is 0 Å². The minimum absolute atomic E-state index is 0.261. The Kier molecular flexibility index (Phi) is 6.41. The Bertz CT molecular complexity index is 1280. The Hall–Kier alpha value is -2.25. The van der Waals surface area contributed by atoms with Crippen molar-refractivity contribution >= 4 is 58.5 Å². The highest BCUT2D eigenvalue weighted by Gasteiger charge is 2.60. The summed E-state index contributed by atoms with van der Waals surface area (Å²) in [5, 5.41) is 8.47. The van der Waals surface area contributed by atoms with E-state index >= 15 is 0 Å². The van der Waals surface area contributed by atoms with Gasteiger partial charge >= 0.3 is 0 Å². The lowest BCUT2D eigenvalue weighted by Gasteiger charge is -2.47. The largest absolute Gasteiger partial charge is 0.142 e. The smallest absolute Gasteiger partial charge is 0.0887 e. The van der Waals surface area contributed by atoms with Crippen molar-refractivity contribution in [2.75, 3.05) is 0 Å². The van der Waals surface area contributed by atoms with E-state index in [2.05, 4.69) is 162 Å². The molecule has 2 atom stereocenters. The summed E-state index contributed by atoms with van der Waals surface area (Å²) >= 11 is 0. The summed E-state index contributed by atoms with van der Waals surface area (Å²) in [6.45, 7) is 5.22. The lowest BCUT2D eigenvalue weighted by atomic mass is 10.1. The van der Waals surface area contributed by atoms with Gasteiger partial charge in [0.1, 0.15) is 16.1 Å². The van der Waals surface area contributed by atoms with Crippen LogP contribution in [0.3, 0.4) is 0 Å². The number of rotatable bonds is 6. The monoisotopic (exact) mass is 536 g/mol. The lowest BCUT2D eigenvalue weighted by Crippen LogP contribution is -2.70. The first-order chi connectivity index (χ1) is 17.6. The first-order valence-electron chi connectivity index (χ1n) is 12.9. The van der Waals surface area contributed by atoms with Gasteiger partial charge < -0.3 is 0 Å². The fourth-order valence-electron chi connectivity index (χ4n) is 6.50. The number of benzene rings is 4. The Labute approximate surface area is 225 Å². The van der Waals surface area contributed by atoms with E-state index in [0.29, 0.717) is 5.25 Å². The molecule has 0 spiro atoms. The number of hydrogen-bond acceptors (Lipinski definition) is 2. The van der Waals surface area contributed by atoms with Gasteiger partial charge in [-0.15, -0.1) is 0 Å². The third-order valence-electron chi connectivity index (χ3n) is 8.73. The second-order valence-corrected chi connectivity index (χ2v) is 21.9. The van der Waals surface area contributed by atoms with Crippen LogP contribution in [0.4, 0.5) is 0 Å². The molecule has 0 amide bonds. The highest BCUT2D eigenvalue weighted by atomic mass is 33.1. The van der Waals surface area contributed by atoms with Gasteiger partial charge in [0.05, 0.1) is 0 Å². The van der Waals surface area contributed by atoms with Crippen LogP contribution in [0.1, 0.15) is 12.8 Å². The molecule has 0 aromatic heterocycles. The third kappa shape index (κ3) is 3.73. The highest BCUT2D eigenvalue weighted by molar-refractivity contribution is 8.78. The molecule has 36 heavy (non-hydrogen) atoms. The molecule has 0 radical (unpaired) electrons. The first kappa shape index (κ1) is 24.1. The fourth-order valence-corrected chi connectivity index (χ4v) is 22.5. The maximum Gasteiger partial charge on any atom is 0.142 e. The maximum atomic E-state index is 2.71. The molecule has 2 bridgehead atoms. The molecule has 6 rings (SSSR count). The normalized spacial score (nSPS) is 21.7. The van der Waals surface area contributed by atoms with Gasteiger partial charge in [-0.1, -0.05) is 178 Å². The molecule has 4 heteroatoms. The van der Waals surface area contributed by atoms with E-state index in [-0.39, 0.29) is 4.37 Å². The van der Waals surface area contributed by atoms with Crippen LogP contribution in [0.15, 0.2) is 133 Å². The van der Waals surface area contributed by atoms with Gasteiger partial charge in [-0.3, -0.25) is 0 Å². The van der Waals surface area contributed by atoms with Crippen molar-refractivity contribution in [1.29, 1.82) is 0 Å². The minimum Gasteiger partial charge on any atom is -0.0887 e. The van der Waals surface area contributed by atoms with E-state index < -0.39 is 16.1 Å². The lowest BCUT2D eigenvalue weighted by molar-refractivity contribution is 0.687. The maximum absolute atomic E-state index is 2.71. The van der Waals surface area contributed by atoms with Crippen molar-refractivity contribution in [3.05, 3.63) is 133 Å².